The molecule has 0 bridgehead atoms. The lowest BCUT2D eigenvalue weighted by atomic mass is 9.70. The van der Waals surface area contributed by atoms with Crippen LogP contribution in [0.3, 0.4) is 0 Å². The SMILES string of the molecule is CC(C)C(C#N)(CCCN1CCC(N(CCC#N)CCOc2cccc(C#N)c2)C1)c1ccccc1. The van der Waals surface area contributed by atoms with Crippen molar-refractivity contribution in [1.29, 1.82) is 15.8 Å². The van der Waals surface area contributed by atoms with Gasteiger partial charge < -0.3 is 9.64 Å². The fourth-order valence-electron chi connectivity index (χ4n) is 5.25. The zero-order valence-electron chi connectivity index (χ0n) is 21.6. The molecule has 0 radical (unpaired) electrons. The van der Waals surface area contributed by atoms with Crippen molar-refractivity contribution in [3.05, 3.63) is 65.7 Å². The summed E-state index contributed by atoms with van der Waals surface area (Å²) in [6.45, 7) is 9.27. The van der Waals surface area contributed by atoms with E-state index >= 15 is 0 Å². The van der Waals surface area contributed by atoms with Crippen LogP contribution in [-0.4, -0.2) is 55.2 Å². The van der Waals surface area contributed by atoms with Gasteiger partial charge in [0.05, 0.1) is 29.2 Å². The van der Waals surface area contributed by atoms with Gasteiger partial charge in [-0.05, 0) is 62.0 Å². The number of rotatable bonds is 13. The number of hydrogen-bond acceptors (Lipinski definition) is 6. The molecule has 36 heavy (non-hydrogen) atoms. The number of nitrogens with zero attached hydrogens (tertiary/aromatic N) is 5. The van der Waals surface area contributed by atoms with Crippen molar-refractivity contribution in [3.8, 4) is 24.0 Å². The maximum atomic E-state index is 10.2. The van der Waals surface area contributed by atoms with Gasteiger partial charge in [0.1, 0.15) is 12.4 Å². The first-order valence-electron chi connectivity index (χ1n) is 13.0. The first kappa shape index (κ1) is 27.2. The molecule has 1 heterocycles. The minimum Gasteiger partial charge on any atom is -0.492 e. The summed E-state index contributed by atoms with van der Waals surface area (Å²) in [5, 5.41) is 28.4. The van der Waals surface area contributed by atoms with Gasteiger partial charge >= 0.3 is 0 Å². The molecule has 2 unspecified atom stereocenters. The maximum Gasteiger partial charge on any atom is 0.120 e. The Bertz CT molecular complexity index is 1080. The van der Waals surface area contributed by atoms with E-state index in [1.54, 1.807) is 12.1 Å². The zero-order valence-corrected chi connectivity index (χ0v) is 21.6. The lowest BCUT2D eigenvalue weighted by Gasteiger charge is -2.32. The molecule has 1 saturated heterocycles. The summed E-state index contributed by atoms with van der Waals surface area (Å²) >= 11 is 0. The van der Waals surface area contributed by atoms with Crippen molar-refractivity contribution in [2.45, 2.75) is 51.0 Å². The first-order chi connectivity index (χ1) is 17.5. The van der Waals surface area contributed by atoms with Crippen molar-refractivity contribution < 1.29 is 4.74 Å². The Balaban J connectivity index is 1.52. The van der Waals surface area contributed by atoms with Crippen molar-refractivity contribution in [2.24, 2.45) is 5.92 Å². The first-order valence-corrected chi connectivity index (χ1v) is 13.0. The summed E-state index contributed by atoms with van der Waals surface area (Å²) in [4.78, 5) is 4.86. The smallest absolute Gasteiger partial charge is 0.120 e. The summed E-state index contributed by atoms with van der Waals surface area (Å²) in [5.74, 6) is 0.943. The molecule has 0 amide bonds. The molecule has 3 rings (SSSR count). The van der Waals surface area contributed by atoms with E-state index in [1.807, 2.05) is 30.3 Å². The highest BCUT2D eigenvalue weighted by Gasteiger charge is 2.36. The van der Waals surface area contributed by atoms with E-state index in [9.17, 15) is 5.26 Å². The molecule has 6 nitrogen and oxygen atoms in total. The molecule has 0 aliphatic carbocycles. The quantitative estimate of drug-likeness (QED) is 0.393. The van der Waals surface area contributed by atoms with E-state index in [0.29, 0.717) is 30.4 Å². The monoisotopic (exact) mass is 483 g/mol. The van der Waals surface area contributed by atoms with Gasteiger partial charge in [0.2, 0.25) is 0 Å². The molecule has 0 aromatic heterocycles. The molecule has 1 fully saturated rings. The van der Waals surface area contributed by atoms with Gasteiger partial charge in [-0.3, -0.25) is 4.90 Å². The molecule has 2 atom stereocenters. The molecule has 1 aliphatic heterocycles. The van der Waals surface area contributed by atoms with Crippen molar-refractivity contribution >= 4 is 0 Å². The van der Waals surface area contributed by atoms with Crippen LogP contribution in [0.2, 0.25) is 0 Å². The number of nitriles is 3. The Morgan fingerprint density at radius 2 is 1.89 bits per heavy atom. The molecule has 0 N–H and O–H groups in total. The second kappa shape index (κ2) is 13.6. The number of ether oxygens (including phenoxy) is 1. The minimum absolute atomic E-state index is 0.242. The summed E-state index contributed by atoms with van der Waals surface area (Å²) in [5.41, 5.74) is 1.24. The van der Waals surface area contributed by atoms with Crippen LogP contribution in [-0.2, 0) is 5.41 Å². The number of benzene rings is 2. The molecule has 0 spiro atoms. The molecule has 1 aliphatic rings. The van der Waals surface area contributed by atoms with Gasteiger partial charge in [0.15, 0.2) is 0 Å². The van der Waals surface area contributed by atoms with Gasteiger partial charge in [-0.25, -0.2) is 0 Å². The minimum atomic E-state index is -0.459. The summed E-state index contributed by atoms with van der Waals surface area (Å²) in [6.07, 6.45) is 3.39. The predicted octanol–water partition coefficient (Wildman–Crippen LogP) is 5.12. The Kier molecular flexibility index (Phi) is 10.3. The molecular weight excluding hydrogens is 446 g/mol. The average Bonchev–Trinajstić information content (AvgIpc) is 3.38. The second-order valence-corrected chi connectivity index (χ2v) is 9.88. The van der Waals surface area contributed by atoms with Gasteiger partial charge in [-0.2, -0.15) is 15.8 Å². The van der Waals surface area contributed by atoms with Crippen LogP contribution in [0, 0.1) is 39.9 Å². The van der Waals surface area contributed by atoms with Crippen molar-refractivity contribution in [1.82, 2.24) is 9.80 Å². The molecular formula is C30H37N5O. The molecule has 0 saturated carbocycles. The highest BCUT2D eigenvalue weighted by Crippen LogP contribution is 2.36. The zero-order chi connectivity index (χ0) is 25.8. The van der Waals surface area contributed by atoms with Crippen LogP contribution in [0.15, 0.2) is 54.6 Å². The summed E-state index contributed by atoms with van der Waals surface area (Å²) in [6, 6.07) is 24.9. The van der Waals surface area contributed by atoms with E-state index in [1.165, 1.54) is 0 Å². The van der Waals surface area contributed by atoms with Gasteiger partial charge in [0, 0.05) is 32.1 Å². The Hall–Kier alpha value is -3.37. The van der Waals surface area contributed by atoms with Crippen LogP contribution in [0.5, 0.6) is 5.75 Å². The highest BCUT2D eigenvalue weighted by molar-refractivity contribution is 5.36. The van der Waals surface area contributed by atoms with Gasteiger partial charge in [-0.15, -0.1) is 0 Å². The standard InChI is InChI=1S/C30H37N5O/c1-25(2)30(24-33,27-10-4-3-5-11-27)14-7-16-34-18-13-28(23-34)35(17-8-15-31)19-20-36-29-12-6-9-26(21-29)22-32/h3-6,9-12,21,25,28H,7-8,13-14,16-20,23H2,1-2H3. The third kappa shape index (κ3) is 7.08. The predicted molar refractivity (Wildman–Crippen MR) is 141 cm³/mol. The lowest BCUT2D eigenvalue weighted by Crippen LogP contribution is -2.41. The second-order valence-electron chi connectivity index (χ2n) is 9.88. The van der Waals surface area contributed by atoms with Crippen LogP contribution >= 0.6 is 0 Å². The maximum absolute atomic E-state index is 10.2. The van der Waals surface area contributed by atoms with Crippen LogP contribution in [0.1, 0.15) is 50.7 Å². The third-order valence-corrected chi connectivity index (χ3v) is 7.40. The van der Waals surface area contributed by atoms with Crippen LogP contribution < -0.4 is 4.74 Å². The van der Waals surface area contributed by atoms with E-state index in [4.69, 9.17) is 15.3 Å². The normalized spacial score (nSPS) is 17.3. The lowest BCUT2D eigenvalue weighted by molar-refractivity contribution is 0.160. The van der Waals surface area contributed by atoms with E-state index in [2.05, 4.69) is 54.0 Å². The fourth-order valence-corrected chi connectivity index (χ4v) is 5.25. The Morgan fingerprint density at radius 1 is 1.08 bits per heavy atom. The fraction of sp³-hybridized carbons (Fsp3) is 0.500. The van der Waals surface area contributed by atoms with E-state index in [-0.39, 0.29) is 5.92 Å². The largest absolute Gasteiger partial charge is 0.492 e. The summed E-state index contributed by atoms with van der Waals surface area (Å²) < 4.78 is 5.90. The Morgan fingerprint density at radius 3 is 2.58 bits per heavy atom. The Labute approximate surface area is 216 Å². The molecule has 2 aromatic rings. The summed E-state index contributed by atoms with van der Waals surface area (Å²) in [7, 11) is 0. The topological polar surface area (TPSA) is 87.1 Å². The van der Waals surface area contributed by atoms with Crippen LogP contribution in [0.4, 0.5) is 0 Å². The van der Waals surface area contributed by atoms with Gasteiger partial charge in [0.25, 0.3) is 0 Å². The molecule has 6 heteroatoms. The molecule has 2 aromatic carbocycles. The number of hydrogen-bond donors (Lipinski definition) is 0. The molecule has 188 valence electrons. The van der Waals surface area contributed by atoms with Crippen LogP contribution in [0.25, 0.3) is 0 Å². The van der Waals surface area contributed by atoms with E-state index < -0.39 is 5.41 Å². The third-order valence-electron chi connectivity index (χ3n) is 7.40. The van der Waals surface area contributed by atoms with Gasteiger partial charge in [-0.1, -0.05) is 50.2 Å². The highest BCUT2D eigenvalue weighted by atomic mass is 16.5. The van der Waals surface area contributed by atoms with E-state index in [0.717, 1.165) is 57.5 Å². The van der Waals surface area contributed by atoms with Crippen molar-refractivity contribution in [2.75, 3.05) is 39.3 Å². The number of likely N-dealkylation sites (tertiary alicyclic amines) is 1. The average molecular weight is 484 g/mol. The van der Waals surface area contributed by atoms with Crippen molar-refractivity contribution in [3.63, 3.8) is 0 Å².